The van der Waals surface area contributed by atoms with E-state index in [4.69, 9.17) is 4.74 Å². The third kappa shape index (κ3) is 11.7. The van der Waals surface area contributed by atoms with Gasteiger partial charge in [0.05, 0.1) is 6.61 Å². The summed E-state index contributed by atoms with van der Waals surface area (Å²) in [4.78, 5) is 0. The smallest absolute Gasteiger partial charge is 0.0686 e. The summed E-state index contributed by atoms with van der Waals surface area (Å²) in [5.74, 6) is 0.773. The highest BCUT2D eigenvalue weighted by Gasteiger charge is 2.08. The maximum Gasteiger partial charge on any atom is 0.0686 e. The molecule has 2 nitrogen and oxygen atoms in total. The van der Waals surface area contributed by atoms with E-state index in [1.165, 1.54) is 6.42 Å². The standard InChI is InChI=1S/C14H29NO/c1-12(2)8-7-9-16-11-13(3)10-15-14(4,5)6/h12,15H,3,7-11H2,1-2,4-6H3. The van der Waals surface area contributed by atoms with Crippen LogP contribution >= 0.6 is 0 Å². The van der Waals surface area contributed by atoms with Gasteiger partial charge in [-0.15, -0.1) is 0 Å². The molecule has 0 saturated carbocycles. The van der Waals surface area contributed by atoms with E-state index < -0.39 is 0 Å². The monoisotopic (exact) mass is 227 g/mol. The first-order valence-electron chi connectivity index (χ1n) is 6.30. The van der Waals surface area contributed by atoms with Crippen LogP contribution in [0.3, 0.4) is 0 Å². The van der Waals surface area contributed by atoms with E-state index in [1.807, 2.05) is 0 Å². The van der Waals surface area contributed by atoms with E-state index in [9.17, 15) is 0 Å². The number of hydrogen-bond acceptors (Lipinski definition) is 2. The Labute approximate surface area is 101 Å². The van der Waals surface area contributed by atoms with Crippen LogP contribution < -0.4 is 5.32 Å². The summed E-state index contributed by atoms with van der Waals surface area (Å²) in [7, 11) is 0. The number of nitrogens with one attached hydrogen (secondary N) is 1. The highest BCUT2D eigenvalue weighted by molar-refractivity contribution is 4.98. The van der Waals surface area contributed by atoms with E-state index >= 15 is 0 Å². The summed E-state index contributed by atoms with van der Waals surface area (Å²) in [5.41, 5.74) is 1.28. The Morgan fingerprint density at radius 1 is 1.31 bits per heavy atom. The molecule has 2 heteroatoms. The molecule has 0 heterocycles. The van der Waals surface area contributed by atoms with Crippen LogP contribution in [0.15, 0.2) is 12.2 Å². The fourth-order valence-corrected chi connectivity index (χ4v) is 1.25. The number of ether oxygens (including phenoxy) is 1. The van der Waals surface area contributed by atoms with Gasteiger partial charge in [-0.1, -0.05) is 20.4 Å². The van der Waals surface area contributed by atoms with Crippen LogP contribution in [0.5, 0.6) is 0 Å². The third-order valence-corrected chi connectivity index (χ3v) is 2.25. The molecule has 0 amide bonds. The average Bonchev–Trinajstić information content (AvgIpc) is 2.12. The molecule has 0 aliphatic rings. The Hall–Kier alpha value is -0.340. The predicted molar refractivity (Wildman–Crippen MR) is 71.8 cm³/mol. The lowest BCUT2D eigenvalue weighted by atomic mass is 10.1. The molecule has 0 atom stereocenters. The molecule has 0 spiro atoms. The van der Waals surface area contributed by atoms with E-state index in [0.29, 0.717) is 6.61 Å². The lowest BCUT2D eigenvalue weighted by Crippen LogP contribution is -2.37. The van der Waals surface area contributed by atoms with Gasteiger partial charge in [0.1, 0.15) is 0 Å². The molecule has 0 saturated heterocycles. The Balaban J connectivity index is 3.38. The molecule has 0 rings (SSSR count). The zero-order chi connectivity index (χ0) is 12.6. The van der Waals surface area contributed by atoms with Gasteiger partial charge in [-0.3, -0.25) is 0 Å². The summed E-state index contributed by atoms with van der Waals surface area (Å²) in [6.45, 7) is 17.3. The normalized spacial score (nSPS) is 12.1. The fourth-order valence-electron chi connectivity index (χ4n) is 1.25. The second kappa shape index (κ2) is 7.86. The molecule has 0 aromatic carbocycles. The Morgan fingerprint density at radius 2 is 1.94 bits per heavy atom. The molecule has 0 aliphatic carbocycles. The molecule has 0 unspecified atom stereocenters. The number of rotatable bonds is 8. The molecule has 0 aliphatic heterocycles. The molecule has 0 fully saturated rings. The van der Waals surface area contributed by atoms with Gasteiger partial charge in [0.2, 0.25) is 0 Å². The van der Waals surface area contributed by atoms with Crippen molar-refractivity contribution in [2.45, 2.75) is 53.0 Å². The van der Waals surface area contributed by atoms with Crippen molar-refractivity contribution in [3.05, 3.63) is 12.2 Å². The van der Waals surface area contributed by atoms with Crippen molar-refractivity contribution in [1.82, 2.24) is 5.32 Å². The van der Waals surface area contributed by atoms with Crippen LogP contribution in [0.2, 0.25) is 0 Å². The topological polar surface area (TPSA) is 21.3 Å². The molecule has 0 radical (unpaired) electrons. The second-order valence-corrected chi connectivity index (χ2v) is 5.94. The second-order valence-electron chi connectivity index (χ2n) is 5.94. The molecule has 16 heavy (non-hydrogen) atoms. The highest BCUT2D eigenvalue weighted by Crippen LogP contribution is 2.04. The van der Waals surface area contributed by atoms with Gasteiger partial charge in [0.25, 0.3) is 0 Å². The van der Waals surface area contributed by atoms with Crippen LogP contribution in [0.25, 0.3) is 0 Å². The summed E-state index contributed by atoms with van der Waals surface area (Å²) >= 11 is 0. The van der Waals surface area contributed by atoms with Crippen LogP contribution in [0, 0.1) is 5.92 Å². The maximum absolute atomic E-state index is 5.57. The molecule has 96 valence electrons. The van der Waals surface area contributed by atoms with Gasteiger partial charge < -0.3 is 10.1 Å². The van der Waals surface area contributed by atoms with Gasteiger partial charge in [0, 0.05) is 18.7 Å². The van der Waals surface area contributed by atoms with Crippen molar-refractivity contribution in [3.63, 3.8) is 0 Å². The molecule has 0 aromatic heterocycles. The van der Waals surface area contributed by atoms with E-state index in [2.05, 4.69) is 46.5 Å². The van der Waals surface area contributed by atoms with Crippen LogP contribution in [-0.4, -0.2) is 25.3 Å². The highest BCUT2D eigenvalue weighted by atomic mass is 16.5. The first kappa shape index (κ1) is 15.7. The van der Waals surface area contributed by atoms with Crippen LogP contribution in [-0.2, 0) is 4.74 Å². The Morgan fingerprint density at radius 3 is 2.44 bits per heavy atom. The molecular weight excluding hydrogens is 198 g/mol. The van der Waals surface area contributed by atoms with Crippen LogP contribution in [0.4, 0.5) is 0 Å². The quantitative estimate of drug-likeness (QED) is 0.507. The zero-order valence-electron chi connectivity index (χ0n) is 11.7. The summed E-state index contributed by atoms with van der Waals surface area (Å²) < 4.78 is 5.57. The lowest BCUT2D eigenvalue weighted by molar-refractivity contribution is 0.147. The SMILES string of the molecule is C=C(CNC(C)(C)C)COCCCC(C)C. The predicted octanol–water partition coefficient (Wildman–Crippen LogP) is 3.38. The van der Waals surface area contributed by atoms with Crippen molar-refractivity contribution < 1.29 is 4.74 Å². The molecule has 0 bridgehead atoms. The summed E-state index contributed by atoms with van der Waals surface area (Å²) in [5, 5.41) is 3.40. The van der Waals surface area contributed by atoms with E-state index in [0.717, 1.165) is 31.1 Å². The Kier molecular flexibility index (Phi) is 7.69. The van der Waals surface area contributed by atoms with Crippen LogP contribution in [0.1, 0.15) is 47.5 Å². The van der Waals surface area contributed by atoms with Gasteiger partial charge in [-0.2, -0.15) is 0 Å². The third-order valence-electron chi connectivity index (χ3n) is 2.25. The lowest BCUT2D eigenvalue weighted by Gasteiger charge is -2.21. The fraction of sp³-hybridized carbons (Fsp3) is 0.857. The minimum atomic E-state index is 0.153. The van der Waals surface area contributed by atoms with Crippen molar-refractivity contribution in [2.75, 3.05) is 19.8 Å². The van der Waals surface area contributed by atoms with Gasteiger partial charge in [0.15, 0.2) is 0 Å². The molecular formula is C14H29NO. The van der Waals surface area contributed by atoms with Crippen molar-refractivity contribution in [1.29, 1.82) is 0 Å². The molecule has 1 N–H and O–H groups in total. The number of hydrogen-bond donors (Lipinski definition) is 1. The van der Waals surface area contributed by atoms with E-state index in [-0.39, 0.29) is 5.54 Å². The first-order valence-corrected chi connectivity index (χ1v) is 6.30. The zero-order valence-corrected chi connectivity index (χ0v) is 11.7. The van der Waals surface area contributed by atoms with Gasteiger partial charge in [-0.25, -0.2) is 0 Å². The average molecular weight is 227 g/mol. The van der Waals surface area contributed by atoms with Crippen molar-refractivity contribution in [2.24, 2.45) is 5.92 Å². The minimum Gasteiger partial charge on any atom is -0.377 e. The largest absolute Gasteiger partial charge is 0.377 e. The van der Waals surface area contributed by atoms with Crippen molar-refractivity contribution in [3.8, 4) is 0 Å². The summed E-state index contributed by atoms with van der Waals surface area (Å²) in [6.07, 6.45) is 2.39. The van der Waals surface area contributed by atoms with E-state index in [1.54, 1.807) is 0 Å². The minimum absolute atomic E-state index is 0.153. The Bertz CT molecular complexity index is 191. The van der Waals surface area contributed by atoms with Crippen molar-refractivity contribution >= 4 is 0 Å². The maximum atomic E-state index is 5.57. The molecule has 0 aromatic rings. The van der Waals surface area contributed by atoms with Gasteiger partial charge in [-0.05, 0) is 45.1 Å². The summed E-state index contributed by atoms with van der Waals surface area (Å²) in [6, 6.07) is 0. The van der Waals surface area contributed by atoms with Gasteiger partial charge >= 0.3 is 0 Å². The first-order chi connectivity index (χ1) is 7.31.